The Labute approximate surface area is 182 Å². The number of rotatable bonds is 3. The van der Waals surface area contributed by atoms with E-state index in [1.807, 2.05) is 30.3 Å². The van der Waals surface area contributed by atoms with Gasteiger partial charge in [0.2, 0.25) is 0 Å². The van der Waals surface area contributed by atoms with Crippen molar-refractivity contribution in [2.24, 2.45) is 0 Å². The first kappa shape index (κ1) is 18.6. The minimum absolute atomic E-state index is 0.709. The number of anilines is 1. The number of thiophene rings is 2. The predicted octanol–water partition coefficient (Wildman–Crippen LogP) is 5.12. The van der Waals surface area contributed by atoms with Crippen molar-refractivity contribution in [2.45, 2.75) is 0 Å². The molecular weight excluding hydrogens is 420 g/mol. The van der Waals surface area contributed by atoms with Crippen LogP contribution in [0.3, 0.4) is 0 Å². The Morgan fingerprint density at radius 2 is 1.59 bits per heavy atom. The molecule has 1 aromatic carbocycles. The molecule has 0 saturated carbocycles. The maximum Gasteiger partial charge on any atom is 0.173 e. The van der Waals surface area contributed by atoms with Crippen LogP contribution in [0, 0.1) is 0 Å². The third kappa shape index (κ3) is 3.89. The first-order valence-electron chi connectivity index (χ1n) is 9.31. The van der Waals surface area contributed by atoms with Gasteiger partial charge in [-0.25, -0.2) is 9.97 Å². The van der Waals surface area contributed by atoms with E-state index in [1.165, 1.54) is 0 Å². The lowest BCUT2D eigenvalue weighted by Gasteiger charge is -2.29. The molecule has 0 aliphatic carbocycles. The van der Waals surface area contributed by atoms with E-state index in [2.05, 4.69) is 33.1 Å². The molecule has 1 aliphatic heterocycles. The fourth-order valence-corrected chi connectivity index (χ4v) is 5.00. The monoisotopic (exact) mass is 438 g/mol. The van der Waals surface area contributed by atoms with Crippen LogP contribution in [0.25, 0.3) is 32.2 Å². The molecular formula is C21H18N4OS3. The summed E-state index contributed by atoms with van der Waals surface area (Å²) in [6, 6.07) is 14.3. The predicted molar refractivity (Wildman–Crippen MR) is 125 cm³/mol. The zero-order chi connectivity index (χ0) is 19.6. The van der Waals surface area contributed by atoms with Crippen molar-refractivity contribution in [3.05, 3.63) is 53.2 Å². The van der Waals surface area contributed by atoms with Gasteiger partial charge in [-0.2, -0.15) is 0 Å². The molecule has 0 radical (unpaired) electrons. The minimum Gasteiger partial charge on any atom is -0.378 e. The van der Waals surface area contributed by atoms with Crippen LogP contribution in [0.15, 0.2) is 53.2 Å². The Hall–Kier alpha value is -2.39. The lowest BCUT2D eigenvalue weighted by Crippen LogP contribution is -2.42. The standard InChI is InChI=1S/C21H18N4OS3/c27-21(25-7-9-26-10-8-25)22-14-5-6-15-16(13-14)24-20(18-4-2-12-29-18)19(23-15)17-3-1-11-28-17/h1-6,11-13H,7-10H2,(H,22,27). The van der Waals surface area contributed by atoms with E-state index in [0.717, 1.165) is 51.0 Å². The van der Waals surface area contributed by atoms with Crippen molar-refractivity contribution in [2.75, 3.05) is 31.6 Å². The third-order valence-electron chi connectivity index (χ3n) is 4.72. The average Bonchev–Trinajstić information content (AvgIpc) is 3.47. The normalized spacial score (nSPS) is 14.3. The molecule has 0 spiro atoms. The van der Waals surface area contributed by atoms with Gasteiger partial charge < -0.3 is 15.0 Å². The first-order chi connectivity index (χ1) is 14.3. The van der Waals surface area contributed by atoms with Gasteiger partial charge in [0, 0.05) is 18.8 Å². The molecule has 29 heavy (non-hydrogen) atoms. The van der Waals surface area contributed by atoms with E-state index in [-0.39, 0.29) is 0 Å². The van der Waals surface area contributed by atoms with E-state index in [1.54, 1.807) is 22.7 Å². The summed E-state index contributed by atoms with van der Waals surface area (Å²) < 4.78 is 5.40. The average molecular weight is 439 g/mol. The molecule has 0 bridgehead atoms. The van der Waals surface area contributed by atoms with E-state index in [0.29, 0.717) is 18.3 Å². The quantitative estimate of drug-likeness (QED) is 0.448. The highest BCUT2D eigenvalue weighted by Gasteiger charge is 2.16. The molecule has 1 fully saturated rings. The molecule has 8 heteroatoms. The van der Waals surface area contributed by atoms with Gasteiger partial charge in [0.15, 0.2) is 5.11 Å². The number of nitrogens with zero attached hydrogens (tertiary/aromatic N) is 3. The molecule has 3 aromatic heterocycles. The first-order valence-corrected chi connectivity index (χ1v) is 11.5. The fraction of sp³-hybridized carbons (Fsp3) is 0.190. The maximum atomic E-state index is 5.57. The van der Waals surface area contributed by atoms with E-state index in [9.17, 15) is 0 Å². The molecule has 0 atom stereocenters. The smallest absolute Gasteiger partial charge is 0.173 e. The molecule has 5 rings (SSSR count). The molecule has 1 saturated heterocycles. The number of ether oxygens (including phenoxy) is 1. The summed E-state index contributed by atoms with van der Waals surface area (Å²) in [5.74, 6) is 0. The third-order valence-corrected chi connectivity index (χ3v) is 6.84. The van der Waals surface area contributed by atoms with Crippen molar-refractivity contribution in [1.82, 2.24) is 14.9 Å². The SMILES string of the molecule is S=C(Nc1ccc2nc(-c3cccs3)c(-c3cccs3)nc2c1)N1CCOCC1. The second-order valence-electron chi connectivity index (χ2n) is 6.61. The highest BCUT2D eigenvalue weighted by atomic mass is 32.1. The Morgan fingerprint density at radius 1 is 0.931 bits per heavy atom. The van der Waals surface area contributed by atoms with Gasteiger partial charge in [-0.05, 0) is 53.3 Å². The summed E-state index contributed by atoms with van der Waals surface area (Å²) in [4.78, 5) is 14.3. The van der Waals surface area contributed by atoms with Crippen LogP contribution in [-0.2, 0) is 4.74 Å². The summed E-state index contributed by atoms with van der Waals surface area (Å²) in [6.07, 6.45) is 0. The zero-order valence-electron chi connectivity index (χ0n) is 15.5. The van der Waals surface area contributed by atoms with Crippen molar-refractivity contribution >= 4 is 56.7 Å². The summed E-state index contributed by atoms with van der Waals surface area (Å²) in [7, 11) is 0. The summed E-state index contributed by atoms with van der Waals surface area (Å²) in [6.45, 7) is 3.04. The molecule has 1 N–H and O–H groups in total. The number of hydrogen-bond donors (Lipinski definition) is 1. The van der Waals surface area contributed by atoms with Crippen LogP contribution in [0.5, 0.6) is 0 Å². The molecule has 1 aliphatic rings. The highest BCUT2D eigenvalue weighted by molar-refractivity contribution is 7.80. The van der Waals surface area contributed by atoms with Crippen molar-refractivity contribution in [3.8, 4) is 21.1 Å². The zero-order valence-corrected chi connectivity index (χ0v) is 17.9. The molecule has 5 nitrogen and oxygen atoms in total. The van der Waals surface area contributed by atoms with Gasteiger partial charge in [-0.15, -0.1) is 22.7 Å². The largest absolute Gasteiger partial charge is 0.378 e. The van der Waals surface area contributed by atoms with Crippen LogP contribution in [-0.4, -0.2) is 46.3 Å². The van der Waals surface area contributed by atoms with Crippen LogP contribution >= 0.6 is 34.9 Å². The van der Waals surface area contributed by atoms with Gasteiger partial charge in [0.25, 0.3) is 0 Å². The highest BCUT2D eigenvalue weighted by Crippen LogP contribution is 2.35. The van der Waals surface area contributed by atoms with Crippen molar-refractivity contribution < 1.29 is 4.74 Å². The number of thiocarbonyl (C=S) groups is 1. The molecule has 0 amide bonds. The molecule has 146 valence electrons. The van der Waals surface area contributed by atoms with E-state index >= 15 is 0 Å². The maximum absolute atomic E-state index is 5.57. The van der Waals surface area contributed by atoms with Crippen molar-refractivity contribution in [3.63, 3.8) is 0 Å². The van der Waals surface area contributed by atoms with Gasteiger partial charge >= 0.3 is 0 Å². The number of morpholine rings is 1. The van der Waals surface area contributed by atoms with Gasteiger partial charge in [0.05, 0.1) is 34.0 Å². The van der Waals surface area contributed by atoms with Crippen LogP contribution in [0.2, 0.25) is 0 Å². The van der Waals surface area contributed by atoms with Crippen LogP contribution < -0.4 is 5.32 Å². The Balaban J connectivity index is 1.52. The van der Waals surface area contributed by atoms with Crippen LogP contribution in [0.1, 0.15) is 0 Å². The Bertz CT molecular complexity index is 1140. The summed E-state index contributed by atoms with van der Waals surface area (Å²) in [5, 5.41) is 8.19. The number of aromatic nitrogens is 2. The molecule has 0 unspecified atom stereocenters. The molecule has 4 aromatic rings. The Kier molecular flexibility index (Phi) is 5.24. The van der Waals surface area contributed by atoms with E-state index < -0.39 is 0 Å². The van der Waals surface area contributed by atoms with Gasteiger partial charge in [-0.1, -0.05) is 12.1 Å². The fourth-order valence-electron chi connectivity index (χ4n) is 3.27. The van der Waals surface area contributed by atoms with Gasteiger partial charge in [0.1, 0.15) is 11.4 Å². The Morgan fingerprint density at radius 3 is 2.21 bits per heavy atom. The molecule has 4 heterocycles. The topological polar surface area (TPSA) is 50.3 Å². The second-order valence-corrected chi connectivity index (χ2v) is 8.89. The number of nitrogens with one attached hydrogen (secondary N) is 1. The number of fused-ring (bicyclic) bond motifs is 1. The second kappa shape index (κ2) is 8.16. The van der Waals surface area contributed by atoms with Crippen LogP contribution in [0.4, 0.5) is 5.69 Å². The van der Waals surface area contributed by atoms with Gasteiger partial charge in [-0.3, -0.25) is 0 Å². The van der Waals surface area contributed by atoms with Crippen molar-refractivity contribution in [1.29, 1.82) is 0 Å². The number of hydrogen-bond acceptors (Lipinski definition) is 6. The van der Waals surface area contributed by atoms with E-state index in [4.69, 9.17) is 26.9 Å². The number of benzene rings is 1. The minimum atomic E-state index is 0.709. The summed E-state index contributed by atoms with van der Waals surface area (Å²) >= 11 is 8.93. The summed E-state index contributed by atoms with van der Waals surface area (Å²) in [5.41, 5.74) is 4.49. The lowest BCUT2D eigenvalue weighted by atomic mass is 10.2. The lowest BCUT2D eigenvalue weighted by molar-refractivity contribution is 0.0690.